The molecular formula is C39H50N4O8. The van der Waals surface area contributed by atoms with Crippen LogP contribution in [0.25, 0.3) is 21.7 Å². The molecule has 12 heteroatoms. The second kappa shape index (κ2) is 15.0. The molecule has 2 saturated heterocycles. The smallest absolute Gasteiger partial charge is 0.408 e. The van der Waals surface area contributed by atoms with Crippen LogP contribution in [0.3, 0.4) is 0 Å². The molecule has 0 spiro atoms. The Balaban J connectivity index is 1.35. The number of rotatable bonds is 5. The van der Waals surface area contributed by atoms with Crippen molar-refractivity contribution in [2.45, 2.75) is 121 Å². The maximum atomic E-state index is 14.5. The van der Waals surface area contributed by atoms with E-state index in [4.69, 9.17) is 19.2 Å². The number of pyridine rings is 1. The highest BCUT2D eigenvalue weighted by Gasteiger charge is 2.57. The number of carbonyl (C=O) groups excluding carboxylic acids is 4. The van der Waals surface area contributed by atoms with Crippen LogP contribution in [0, 0.1) is 5.92 Å². The number of aliphatic hydroxyl groups excluding tert-OH is 1. The Labute approximate surface area is 298 Å². The third kappa shape index (κ3) is 7.90. The van der Waals surface area contributed by atoms with Crippen LogP contribution in [0.2, 0.25) is 0 Å². The summed E-state index contributed by atoms with van der Waals surface area (Å²) in [4.78, 5) is 61.7. The zero-order chi connectivity index (χ0) is 36.3. The molecule has 3 fully saturated rings. The van der Waals surface area contributed by atoms with E-state index in [1.807, 2.05) is 48.5 Å². The number of benzene rings is 2. The predicted octanol–water partition coefficient (Wildman–Crippen LogP) is 5.17. The molecule has 6 rings (SSSR count). The highest BCUT2D eigenvalue weighted by atomic mass is 16.6. The van der Waals surface area contributed by atoms with Crippen molar-refractivity contribution in [2.75, 3.05) is 13.2 Å². The average Bonchev–Trinajstić information content (AvgIpc) is 3.51. The average molecular weight is 703 g/mol. The molecule has 1 aromatic heterocycles. The normalized spacial score (nSPS) is 27.6. The Morgan fingerprint density at radius 2 is 1.69 bits per heavy atom. The molecule has 2 aliphatic heterocycles. The molecule has 1 aliphatic carbocycles. The second-order valence-electron chi connectivity index (χ2n) is 15.1. The molecule has 3 N–H and O–H groups in total. The van der Waals surface area contributed by atoms with Gasteiger partial charge in [-0.15, -0.1) is 0 Å². The molecule has 12 nitrogen and oxygen atoms in total. The second-order valence-corrected chi connectivity index (χ2v) is 15.1. The van der Waals surface area contributed by atoms with Crippen LogP contribution >= 0.6 is 0 Å². The lowest BCUT2D eigenvalue weighted by Gasteiger charge is -2.48. The number of para-hydroxylation sites is 1. The topological polar surface area (TPSA) is 156 Å². The van der Waals surface area contributed by atoms with E-state index >= 15 is 0 Å². The first-order valence-corrected chi connectivity index (χ1v) is 18.3. The van der Waals surface area contributed by atoms with Crippen LogP contribution in [0.15, 0.2) is 48.5 Å². The first kappa shape index (κ1) is 36.3. The van der Waals surface area contributed by atoms with Crippen molar-refractivity contribution in [3.8, 4) is 5.88 Å². The van der Waals surface area contributed by atoms with Crippen molar-refractivity contribution in [1.82, 2.24) is 20.5 Å². The van der Waals surface area contributed by atoms with E-state index in [-0.39, 0.29) is 25.5 Å². The van der Waals surface area contributed by atoms with Crippen molar-refractivity contribution in [1.29, 1.82) is 0 Å². The Bertz CT molecular complexity index is 1770. The summed E-state index contributed by atoms with van der Waals surface area (Å²) in [6.45, 7) is 7.15. The summed E-state index contributed by atoms with van der Waals surface area (Å²) in [5.74, 6) is -1.40. The summed E-state index contributed by atoms with van der Waals surface area (Å²) in [6, 6.07) is 13.6. The molecule has 2 aromatic carbocycles. The minimum atomic E-state index is -1.31. The molecule has 274 valence electrons. The Morgan fingerprint density at radius 3 is 2.39 bits per heavy atom. The van der Waals surface area contributed by atoms with Crippen LogP contribution in [0.5, 0.6) is 5.88 Å². The van der Waals surface area contributed by atoms with Gasteiger partial charge >= 0.3 is 12.1 Å². The van der Waals surface area contributed by atoms with Crippen molar-refractivity contribution in [3.05, 3.63) is 48.5 Å². The fourth-order valence-corrected chi connectivity index (χ4v) is 7.76. The predicted molar refractivity (Wildman–Crippen MR) is 191 cm³/mol. The van der Waals surface area contributed by atoms with Crippen molar-refractivity contribution < 1.29 is 38.5 Å². The first-order chi connectivity index (χ1) is 24.4. The number of fused-ring (bicyclic) bond motifs is 5. The number of esters is 1. The van der Waals surface area contributed by atoms with Crippen molar-refractivity contribution in [3.63, 3.8) is 0 Å². The molecule has 6 atom stereocenters. The third-order valence-electron chi connectivity index (χ3n) is 10.3. The Kier molecular flexibility index (Phi) is 10.7. The monoisotopic (exact) mass is 702 g/mol. The summed E-state index contributed by atoms with van der Waals surface area (Å²) in [7, 11) is 0. The zero-order valence-corrected chi connectivity index (χ0v) is 30.0. The lowest BCUT2D eigenvalue weighted by molar-refractivity contribution is -0.164. The number of amides is 3. The van der Waals surface area contributed by atoms with E-state index in [1.165, 1.54) is 4.90 Å². The maximum absolute atomic E-state index is 14.5. The van der Waals surface area contributed by atoms with Gasteiger partial charge in [-0.2, -0.15) is 0 Å². The van der Waals surface area contributed by atoms with Crippen LogP contribution < -0.4 is 15.4 Å². The SMILES string of the molecule is CCOC(=O)C12CCC1CC(O)CCCCCC(NC(=O)OC(C)(C)C)C(=O)N1CC(Oc3nc4ccccc4c4ccccc34)CC1C(=O)N2. The largest absolute Gasteiger partial charge is 0.472 e. The van der Waals surface area contributed by atoms with E-state index < -0.39 is 59.3 Å². The quantitative estimate of drug-likeness (QED) is 0.241. The van der Waals surface area contributed by atoms with Crippen LogP contribution in [-0.4, -0.2) is 87.5 Å². The zero-order valence-electron chi connectivity index (χ0n) is 30.0. The van der Waals surface area contributed by atoms with Gasteiger partial charge in [-0.3, -0.25) is 9.59 Å². The summed E-state index contributed by atoms with van der Waals surface area (Å²) in [5.41, 5.74) is -1.34. The lowest BCUT2D eigenvalue weighted by atomic mass is 9.64. The molecule has 6 unspecified atom stereocenters. The van der Waals surface area contributed by atoms with Gasteiger partial charge in [0.05, 0.1) is 24.8 Å². The van der Waals surface area contributed by atoms with Gasteiger partial charge in [-0.05, 0) is 83.2 Å². The summed E-state index contributed by atoms with van der Waals surface area (Å²) in [6.07, 6.45) is 2.35. The molecule has 0 radical (unpaired) electrons. The van der Waals surface area contributed by atoms with Crippen LogP contribution in [-0.2, 0) is 23.9 Å². The minimum Gasteiger partial charge on any atom is -0.472 e. The molecule has 3 heterocycles. The Hall–Kier alpha value is -4.45. The van der Waals surface area contributed by atoms with Crippen molar-refractivity contribution >= 4 is 45.6 Å². The van der Waals surface area contributed by atoms with Gasteiger partial charge in [0.1, 0.15) is 29.3 Å². The number of alkyl carbamates (subject to hydrolysis) is 1. The number of carbonyl (C=O) groups is 4. The number of ether oxygens (including phenoxy) is 3. The van der Waals surface area contributed by atoms with E-state index in [1.54, 1.807) is 27.7 Å². The number of aromatic nitrogens is 1. The summed E-state index contributed by atoms with van der Waals surface area (Å²) >= 11 is 0. The lowest BCUT2D eigenvalue weighted by Crippen LogP contribution is -2.68. The highest BCUT2D eigenvalue weighted by Crippen LogP contribution is 2.44. The minimum absolute atomic E-state index is 0.0564. The fourth-order valence-electron chi connectivity index (χ4n) is 7.76. The molecule has 3 amide bonds. The van der Waals surface area contributed by atoms with E-state index in [0.717, 1.165) is 28.1 Å². The van der Waals surface area contributed by atoms with Crippen LogP contribution in [0.4, 0.5) is 4.79 Å². The molecule has 3 aromatic rings. The van der Waals surface area contributed by atoms with Gasteiger partial charge in [0.15, 0.2) is 0 Å². The number of nitrogens with one attached hydrogen (secondary N) is 2. The van der Waals surface area contributed by atoms with E-state index in [2.05, 4.69) is 10.6 Å². The van der Waals surface area contributed by atoms with Crippen molar-refractivity contribution in [2.24, 2.45) is 5.92 Å². The highest BCUT2D eigenvalue weighted by molar-refractivity contribution is 6.07. The number of hydrogen-bond acceptors (Lipinski definition) is 9. The first-order valence-electron chi connectivity index (χ1n) is 18.3. The summed E-state index contributed by atoms with van der Waals surface area (Å²) < 4.78 is 17.6. The standard InChI is InChI=1S/C39H50N4O8/c1-5-49-36(47)39-20-19-24(39)21-25(44)13-7-6-8-18-31(41-37(48)51-38(2,3)4)35(46)43-23-26(22-32(43)33(45)42-39)50-34-29-16-10-9-14-27(29)28-15-11-12-17-30(28)40-34/h9-12,14-17,24-26,31-32,44H,5-8,13,18-23H2,1-4H3,(H,41,48)(H,42,45). The fraction of sp³-hybridized carbons (Fsp3) is 0.564. The van der Waals surface area contributed by atoms with Gasteiger partial charge in [0.2, 0.25) is 17.7 Å². The van der Waals surface area contributed by atoms with E-state index in [9.17, 15) is 24.3 Å². The molecular weight excluding hydrogens is 652 g/mol. The van der Waals surface area contributed by atoms with Gasteiger partial charge < -0.3 is 34.9 Å². The molecule has 3 aliphatic rings. The van der Waals surface area contributed by atoms with E-state index in [0.29, 0.717) is 50.8 Å². The Morgan fingerprint density at radius 1 is 0.980 bits per heavy atom. The molecule has 0 bridgehead atoms. The molecule has 1 saturated carbocycles. The van der Waals surface area contributed by atoms with Gasteiger partial charge in [-0.25, -0.2) is 14.6 Å². The summed E-state index contributed by atoms with van der Waals surface area (Å²) in [5, 5.41) is 19.5. The van der Waals surface area contributed by atoms with Gasteiger partial charge in [0.25, 0.3) is 0 Å². The number of hydrogen-bond donors (Lipinski definition) is 3. The maximum Gasteiger partial charge on any atom is 0.408 e. The third-order valence-corrected chi connectivity index (χ3v) is 10.3. The van der Waals surface area contributed by atoms with Gasteiger partial charge in [-0.1, -0.05) is 55.7 Å². The number of nitrogens with zero attached hydrogens (tertiary/aromatic N) is 2. The van der Waals surface area contributed by atoms with Gasteiger partial charge in [0, 0.05) is 17.2 Å². The molecule has 51 heavy (non-hydrogen) atoms. The van der Waals surface area contributed by atoms with Crippen LogP contribution in [0.1, 0.15) is 85.5 Å². The number of aliphatic hydroxyl groups is 1.